The number of hydrogen-bond donors (Lipinski definition) is 0. The molecule has 0 spiro atoms. The molecule has 0 N–H and O–H groups in total. The summed E-state index contributed by atoms with van der Waals surface area (Å²) >= 11 is 3.52. The van der Waals surface area contributed by atoms with Crippen LogP contribution in [0.4, 0.5) is 0 Å². The summed E-state index contributed by atoms with van der Waals surface area (Å²) in [5.41, 5.74) is 0. The average molecular weight is 780 g/mol. The van der Waals surface area contributed by atoms with Gasteiger partial charge in [-0.3, -0.25) is 0 Å². The van der Waals surface area contributed by atoms with Gasteiger partial charge in [0.25, 0.3) is 0 Å². The molecular formula is C43H87BrO6. The summed E-state index contributed by atoms with van der Waals surface area (Å²) in [5, 5.41) is 0.739. The predicted octanol–water partition coefficient (Wildman–Crippen LogP) is 12.8. The van der Waals surface area contributed by atoms with Crippen molar-refractivity contribution in [2.45, 2.75) is 200 Å². The Bertz CT molecular complexity index is 584. The molecule has 0 heterocycles. The maximum atomic E-state index is 5.88. The number of ether oxygens (including phenoxy) is 6. The van der Waals surface area contributed by atoms with Crippen LogP contribution in [0.15, 0.2) is 0 Å². The Hall–Kier alpha value is 0.240. The number of hydrogen-bond acceptors (Lipinski definition) is 6. The molecule has 1 atom stereocenters. The Balaban J connectivity index is 3.23. The molecule has 0 aromatic carbocycles. The van der Waals surface area contributed by atoms with Crippen molar-refractivity contribution in [2.75, 3.05) is 78.0 Å². The van der Waals surface area contributed by atoms with Crippen molar-refractivity contribution in [3.8, 4) is 0 Å². The van der Waals surface area contributed by atoms with Gasteiger partial charge in [-0.25, -0.2) is 0 Å². The molecule has 0 aliphatic carbocycles. The van der Waals surface area contributed by atoms with Crippen molar-refractivity contribution in [2.24, 2.45) is 0 Å². The fraction of sp³-hybridized carbons (Fsp3) is 1.00. The quantitative estimate of drug-likeness (QED) is 0.0453. The Morgan fingerprint density at radius 3 is 0.880 bits per heavy atom. The van der Waals surface area contributed by atoms with Crippen molar-refractivity contribution in [1.29, 1.82) is 0 Å². The smallest absolute Gasteiger partial charge is 0.0906 e. The van der Waals surface area contributed by atoms with E-state index in [-0.39, 0.29) is 6.10 Å². The Morgan fingerprint density at radius 1 is 0.300 bits per heavy atom. The molecule has 6 nitrogen and oxygen atoms in total. The Labute approximate surface area is 321 Å². The van der Waals surface area contributed by atoms with E-state index < -0.39 is 0 Å². The van der Waals surface area contributed by atoms with Crippen LogP contribution < -0.4 is 0 Å². The Kier molecular flexibility index (Phi) is 47.5. The van der Waals surface area contributed by atoms with Crippen molar-refractivity contribution in [1.82, 2.24) is 0 Å². The van der Waals surface area contributed by atoms with Crippen molar-refractivity contribution in [3.05, 3.63) is 0 Å². The van der Waals surface area contributed by atoms with E-state index >= 15 is 0 Å². The van der Waals surface area contributed by atoms with Gasteiger partial charge in [0.1, 0.15) is 0 Å². The number of halogens is 1. The fourth-order valence-corrected chi connectivity index (χ4v) is 6.56. The molecule has 7 heteroatoms. The molecule has 0 radical (unpaired) electrons. The van der Waals surface area contributed by atoms with Gasteiger partial charge in [-0.15, -0.1) is 0 Å². The van der Waals surface area contributed by atoms with Crippen LogP contribution in [0.3, 0.4) is 0 Å². The maximum absolute atomic E-state index is 5.88. The van der Waals surface area contributed by atoms with Crippen LogP contribution in [-0.4, -0.2) is 84.1 Å². The fourth-order valence-electron chi connectivity index (χ4n) is 6.18. The zero-order chi connectivity index (χ0) is 36.1. The molecule has 0 fully saturated rings. The lowest BCUT2D eigenvalue weighted by Crippen LogP contribution is -2.25. The van der Waals surface area contributed by atoms with Gasteiger partial charge in [-0.2, -0.15) is 0 Å². The zero-order valence-corrected chi connectivity index (χ0v) is 35.3. The minimum Gasteiger partial charge on any atom is -0.379 e. The summed E-state index contributed by atoms with van der Waals surface area (Å²) < 4.78 is 34.4. The van der Waals surface area contributed by atoms with Crippen LogP contribution in [0.5, 0.6) is 0 Å². The average Bonchev–Trinajstić information content (AvgIpc) is 3.13. The molecule has 50 heavy (non-hydrogen) atoms. The standard InChI is InChI=1S/C43H87BrO6/c1-3-5-7-9-11-13-15-17-19-21-23-25-27-29-31-45-33-35-47-37-38-49-42-43(41-44)50-40-39-48-36-34-46-32-30-28-26-24-22-20-18-16-14-12-10-8-6-4-2/h43H,3-42H2,1-2H3. The van der Waals surface area contributed by atoms with E-state index in [9.17, 15) is 0 Å². The molecule has 1 unspecified atom stereocenters. The first-order chi connectivity index (χ1) is 24.8. The molecule has 0 bridgehead atoms. The summed E-state index contributed by atoms with van der Waals surface area (Å²) in [6.45, 7) is 11.7. The van der Waals surface area contributed by atoms with Crippen molar-refractivity contribution >= 4 is 15.9 Å². The van der Waals surface area contributed by atoms with Crippen LogP contribution >= 0.6 is 15.9 Å². The molecule has 0 aromatic rings. The van der Waals surface area contributed by atoms with Gasteiger partial charge in [0, 0.05) is 18.5 Å². The van der Waals surface area contributed by atoms with E-state index in [2.05, 4.69) is 29.8 Å². The van der Waals surface area contributed by atoms with Crippen LogP contribution in [0.1, 0.15) is 194 Å². The van der Waals surface area contributed by atoms with E-state index in [0.29, 0.717) is 59.5 Å². The van der Waals surface area contributed by atoms with Gasteiger partial charge in [-0.1, -0.05) is 197 Å². The van der Waals surface area contributed by atoms with Gasteiger partial charge >= 0.3 is 0 Å². The van der Waals surface area contributed by atoms with E-state index in [1.807, 2.05) is 0 Å². The third-order valence-corrected chi connectivity index (χ3v) is 10.2. The molecule has 0 aromatic heterocycles. The first-order valence-electron chi connectivity index (χ1n) is 21.9. The number of rotatable bonds is 46. The lowest BCUT2D eigenvalue weighted by Gasteiger charge is -2.16. The molecule has 302 valence electrons. The largest absolute Gasteiger partial charge is 0.379 e. The Morgan fingerprint density at radius 2 is 0.560 bits per heavy atom. The first kappa shape index (κ1) is 50.2. The molecule has 0 rings (SSSR count). The molecule has 0 aliphatic rings. The van der Waals surface area contributed by atoms with Gasteiger partial charge in [0.05, 0.1) is 65.6 Å². The van der Waals surface area contributed by atoms with E-state index in [4.69, 9.17) is 28.4 Å². The molecule has 0 amide bonds. The van der Waals surface area contributed by atoms with Gasteiger partial charge in [0.2, 0.25) is 0 Å². The highest BCUT2D eigenvalue weighted by molar-refractivity contribution is 9.09. The normalized spacial score (nSPS) is 12.3. The maximum Gasteiger partial charge on any atom is 0.0906 e. The second-order valence-electron chi connectivity index (χ2n) is 14.4. The van der Waals surface area contributed by atoms with Gasteiger partial charge in [0.15, 0.2) is 0 Å². The van der Waals surface area contributed by atoms with Crippen LogP contribution in [0.2, 0.25) is 0 Å². The van der Waals surface area contributed by atoms with Crippen LogP contribution in [-0.2, 0) is 28.4 Å². The van der Waals surface area contributed by atoms with Gasteiger partial charge in [-0.05, 0) is 12.8 Å². The highest BCUT2D eigenvalue weighted by Gasteiger charge is 2.07. The first-order valence-corrected chi connectivity index (χ1v) is 23.0. The summed E-state index contributed by atoms with van der Waals surface area (Å²) in [7, 11) is 0. The van der Waals surface area contributed by atoms with Crippen molar-refractivity contribution < 1.29 is 28.4 Å². The summed E-state index contributed by atoms with van der Waals surface area (Å²) in [5.74, 6) is 0. The lowest BCUT2D eigenvalue weighted by atomic mass is 10.0. The third-order valence-electron chi connectivity index (χ3n) is 9.46. The lowest BCUT2D eigenvalue weighted by molar-refractivity contribution is -0.0453. The highest BCUT2D eigenvalue weighted by Crippen LogP contribution is 2.14. The second kappa shape index (κ2) is 47.3. The molecule has 0 saturated heterocycles. The molecular weight excluding hydrogens is 692 g/mol. The van der Waals surface area contributed by atoms with Gasteiger partial charge < -0.3 is 28.4 Å². The summed E-state index contributed by atoms with van der Waals surface area (Å²) in [4.78, 5) is 0. The monoisotopic (exact) mass is 779 g/mol. The van der Waals surface area contributed by atoms with Crippen LogP contribution in [0.25, 0.3) is 0 Å². The minimum absolute atomic E-state index is 0.0172. The third kappa shape index (κ3) is 44.4. The second-order valence-corrected chi connectivity index (χ2v) is 15.0. The van der Waals surface area contributed by atoms with Crippen molar-refractivity contribution in [3.63, 3.8) is 0 Å². The van der Waals surface area contributed by atoms with Crippen LogP contribution in [0, 0.1) is 0 Å². The van der Waals surface area contributed by atoms with E-state index in [1.54, 1.807) is 0 Å². The molecule has 0 saturated carbocycles. The van der Waals surface area contributed by atoms with E-state index in [0.717, 1.165) is 31.4 Å². The highest BCUT2D eigenvalue weighted by atomic mass is 79.9. The molecule has 0 aliphatic heterocycles. The minimum atomic E-state index is 0.0172. The SMILES string of the molecule is CCCCCCCCCCCCCCCCOCCOCCOCC(CBr)OCCOCCOCCCCCCCCCCCCCCCC. The number of alkyl halides is 1. The summed E-state index contributed by atoms with van der Waals surface area (Å²) in [6.07, 6.45) is 38.8. The van der Waals surface area contributed by atoms with E-state index in [1.165, 1.54) is 167 Å². The predicted molar refractivity (Wildman–Crippen MR) is 218 cm³/mol. The summed E-state index contributed by atoms with van der Waals surface area (Å²) in [6, 6.07) is 0. The number of unbranched alkanes of at least 4 members (excludes halogenated alkanes) is 26. The zero-order valence-electron chi connectivity index (χ0n) is 33.7. The topological polar surface area (TPSA) is 55.4 Å².